The lowest BCUT2D eigenvalue weighted by molar-refractivity contribution is 0.0678. The van der Waals surface area contributed by atoms with Crippen molar-refractivity contribution in [1.29, 1.82) is 0 Å². The summed E-state index contributed by atoms with van der Waals surface area (Å²) in [4.78, 5) is 0. The fourth-order valence-electron chi connectivity index (χ4n) is 1.25. The molecule has 1 unspecified atom stereocenters. The highest BCUT2D eigenvalue weighted by Gasteiger charge is 2.19. The predicted octanol–water partition coefficient (Wildman–Crippen LogP) is 1.26. The van der Waals surface area contributed by atoms with Gasteiger partial charge in [-0.2, -0.15) is 0 Å². The van der Waals surface area contributed by atoms with Crippen molar-refractivity contribution in [3.63, 3.8) is 0 Å². The molecule has 0 spiro atoms. The zero-order chi connectivity index (χ0) is 8.55. The Kier molecular flexibility index (Phi) is 1.66. The summed E-state index contributed by atoms with van der Waals surface area (Å²) in [7, 11) is 0. The molecule has 0 radical (unpaired) electrons. The van der Waals surface area contributed by atoms with Crippen molar-refractivity contribution in [2.24, 2.45) is 5.73 Å². The van der Waals surface area contributed by atoms with Crippen LogP contribution in [-0.2, 0) is 6.54 Å². The summed E-state index contributed by atoms with van der Waals surface area (Å²) in [6, 6.07) is 5.75. The van der Waals surface area contributed by atoms with Crippen molar-refractivity contribution in [3.8, 4) is 11.5 Å². The number of rotatable bonds is 1. The second-order valence-electron chi connectivity index (χ2n) is 2.79. The highest BCUT2D eigenvalue weighted by Crippen LogP contribution is 2.34. The molecule has 1 heterocycles. The molecule has 3 nitrogen and oxygen atoms in total. The van der Waals surface area contributed by atoms with Crippen molar-refractivity contribution in [2.45, 2.75) is 19.8 Å². The number of ether oxygens (including phenoxy) is 2. The molecule has 64 valence electrons. The van der Waals surface area contributed by atoms with Gasteiger partial charge in [0.25, 0.3) is 0 Å². The number of hydrogen-bond donors (Lipinski definition) is 1. The van der Waals surface area contributed by atoms with E-state index in [0.29, 0.717) is 6.54 Å². The van der Waals surface area contributed by atoms with Gasteiger partial charge < -0.3 is 15.2 Å². The number of nitrogens with two attached hydrogens (primary N) is 1. The number of fused-ring (bicyclic) bond motifs is 1. The van der Waals surface area contributed by atoms with E-state index in [9.17, 15) is 0 Å². The minimum absolute atomic E-state index is 0.173. The predicted molar refractivity (Wildman–Crippen MR) is 45.1 cm³/mol. The van der Waals surface area contributed by atoms with Crippen molar-refractivity contribution < 1.29 is 9.47 Å². The largest absolute Gasteiger partial charge is 0.451 e. The van der Waals surface area contributed by atoms with E-state index in [4.69, 9.17) is 15.2 Å². The summed E-state index contributed by atoms with van der Waals surface area (Å²) in [5, 5.41) is 0. The van der Waals surface area contributed by atoms with Crippen LogP contribution in [0.3, 0.4) is 0 Å². The van der Waals surface area contributed by atoms with Crippen LogP contribution < -0.4 is 15.2 Å². The highest BCUT2D eigenvalue weighted by molar-refractivity contribution is 5.44. The number of benzene rings is 1. The first-order valence-corrected chi connectivity index (χ1v) is 3.96. The van der Waals surface area contributed by atoms with Gasteiger partial charge in [-0.1, -0.05) is 6.07 Å². The third-order valence-electron chi connectivity index (χ3n) is 1.83. The van der Waals surface area contributed by atoms with Gasteiger partial charge in [0.15, 0.2) is 11.5 Å². The lowest BCUT2D eigenvalue weighted by Gasteiger charge is -1.99. The average molecular weight is 165 g/mol. The summed E-state index contributed by atoms with van der Waals surface area (Å²) < 4.78 is 10.7. The summed E-state index contributed by atoms with van der Waals surface area (Å²) in [5.41, 5.74) is 6.54. The molecule has 0 saturated heterocycles. The van der Waals surface area contributed by atoms with E-state index in [1.54, 1.807) is 0 Å². The van der Waals surface area contributed by atoms with Crippen molar-refractivity contribution >= 4 is 0 Å². The van der Waals surface area contributed by atoms with Crippen LogP contribution in [-0.4, -0.2) is 6.29 Å². The molecule has 3 heteroatoms. The van der Waals surface area contributed by atoms with E-state index in [-0.39, 0.29) is 6.29 Å². The van der Waals surface area contributed by atoms with E-state index >= 15 is 0 Å². The van der Waals surface area contributed by atoms with E-state index in [2.05, 4.69) is 0 Å². The van der Waals surface area contributed by atoms with Gasteiger partial charge >= 0.3 is 0 Å². The normalized spacial score (nSPS) is 19.7. The standard InChI is InChI=1S/C9H11NO2/c1-6-11-8-3-2-7(5-10)4-9(8)12-6/h2-4,6H,5,10H2,1H3. The van der Waals surface area contributed by atoms with Gasteiger partial charge in [0.05, 0.1) is 0 Å². The van der Waals surface area contributed by atoms with Gasteiger partial charge in [-0.05, 0) is 17.7 Å². The first-order chi connectivity index (χ1) is 5.79. The third-order valence-corrected chi connectivity index (χ3v) is 1.83. The Hall–Kier alpha value is -1.22. The van der Waals surface area contributed by atoms with Crippen molar-refractivity contribution in [2.75, 3.05) is 0 Å². The minimum atomic E-state index is -0.173. The fraction of sp³-hybridized carbons (Fsp3) is 0.333. The lowest BCUT2D eigenvalue weighted by Crippen LogP contribution is -2.11. The molecule has 0 fully saturated rings. The monoisotopic (exact) mass is 165 g/mol. The zero-order valence-electron chi connectivity index (χ0n) is 6.91. The van der Waals surface area contributed by atoms with E-state index < -0.39 is 0 Å². The van der Waals surface area contributed by atoms with Gasteiger partial charge in [0.1, 0.15) is 0 Å². The molecule has 2 N–H and O–H groups in total. The van der Waals surface area contributed by atoms with Gasteiger partial charge in [-0.25, -0.2) is 0 Å². The van der Waals surface area contributed by atoms with Crippen LogP contribution >= 0.6 is 0 Å². The Balaban J connectivity index is 2.35. The average Bonchev–Trinajstić information content (AvgIpc) is 2.43. The fourth-order valence-corrected chi connectivity index (χ4v) is 1.25. The SMILES string of the molecule is CC1Oc2ccc(CN)cc2O1. The second-order valence-corrected chi connectivity index (χ2v) is 2.79. The molecule has 0 aliphatic carbocycles. The molecule has 1 aliphatic rings. The molecule has 0 bridgehead atoms. The molecule has 0 amide bonds. The molecular formula is C9H11NO2. The van der Waals surface area contributed by atoms with Crippen LogP contribution in [0.15, 0.2) is 18.2 Å². The number of hydrogen-bond acceptors (Lipinski definition) is 3. The quantitative estimate of drug-likeness (QED) is 0.681. The van der Waals surface area contributed by atoms with Crippen LogP contribution in [0.2, 0.25) is 0 Å². The molecule has 1 aromatic rings. The van der Waals surface area contributed by atoms with Gasteiger partial charge in [0, 0.05) is 13.5 Å². The Labute approximate surface area is 71.1 Å². The highest BCUT2D eigenvalue weighted by atomic mass is 16.7. The second kappa shape index (κ2) is 2.68. The van der Waals surface area contributed by atoms with Crippen molar-refractivity contribution in [1.82, 2.24) is 0 Å². The van der Waals surface area contributed by atoms with Gasteiger partial charge in [-0.3, -0.25) is 0 Å². The van der Waals surface area contributed by atoms with E-state index in [0.717, 1.165) is 17.1 Å². The lowest BCUT2D eigenvalue weighted by atomic mass is 10.2. The van der Waals surface area contributed by atoms with Crippen LogP contribution in [0.25, 0.3) is 0 Å². The van der Waals surface area contributed by atoms with E-state index in [1.165, 1.54) is 0 Å². The molecule has 1 aromatic carbocycles. The van der Waals surface area contributed by atoms with Crippen LogP contribution in [0.5, 0.6) is 11.5 Å². The Bertz CT molecular complexity index is 299. The maximum absolute atomic E-state index is 5.48. The van der Waals surface area contributed by atoms with E-state index in [1.807, 2.05) is 25.1 Å². The Morgan fingerprint density at radius 3 is 2.83 bits per heavy atom. The first kappa shape index (κ1) is 7.43. The van der Waals surface area contributed by atoms with Gasteiger partial charge in [0.2, 0.25) is 6.29 Å². The summed E-state index contributed by atoms with van der Waals surface area (Å²) in [6.07, 6.45) is -0.173. The van der Waals surface area contributed by atoms with Crippen LogP contribution in [0, 0.1) is 0 Å². The summed E-state index contributed by atoms with van der Waals surface area (Å²) >= 11 is 0. The smallest absolute Gasteiger partial charge is 0.238 e. The Morgan fingerprint density at radius 2 is 2.08 bits per heavy atom. The molecule has 0 aromatic heterocycles. The molecule has 1 aliphatic heterocycles. The Morgan fingerprint density at radius 1 is 1.33 bits per heavy atom. The molecular weight excluding hydrogens is 154 g/mol. The summed E-state index contributed by atoms with van der Waals surface area (Å²) in [5.74, 6) is 1.60. The first-order valence-electron chi connectivity index (χ1n) is 3.96. The topological polar surface area (TPSA) is 44.5 Å². The molecule has 2 rings (SSSR count). The molecule has 0 saturated carbocycles. The van der Waals surface area contributed by atoms with Crippen molar-refractivity contribution in [3.05, 3.63) is 23.8 Å². The maximum atomic E-state index is 5.48. The summed E-state index contributed by atoms with van der Waals surface area (Å²) in [6.45, 7) is 2.40. The maximum Gasteiger partial charge on any atom is 0.238 e. The van der Waals surface area contributed by atoms with Crippen LogP contribution in [0.4, 0.5) is 0 Å². The third kappa shape index (κ3) is 1.12. The molecule has 12 heavy (non-hydrogen) atoms. The zero-order valence-corrected chi connectivity index (χ0v) is 6.91. The van der Waals surface area contributed by atoms with Gasteiger partial charge in [-0.15, -0.1) is 0 Å². The minimum Gasteiger partial charge on any atom is -0.451 e. The van der Waals surface area contributed by atoms with Crippen LogP contribution in [0.1, 0.15) is 12.5 Å². The molecule has 1 atom stereocenters.